The molecule has 0 bridgehead atoms. The number of nitrogens with zero attached hydrogens (tertiary/aromatic N) is 1. The van der Waals surface area contributed by atoms with Gasteiger partial charge in [0.25, 0.3) is 5.69 Å². The van der Waals surface area contributed by atoms with E-state index in [2.05, 4.69) is 0 Å². The van der Waals surface area contributed by atoms with E-state index in [1.165, 1.54) is 12.1 Å². The molecule has 0 unspecified atom stereocenters. The lowest BCUT2D eigenvalue weighted by Gasteiger charge is -2.12. The standard InChI is InChI=1S/C28H23NO6/c1-18-15-22(10-12-25(18)29(32)33)35-17-21-16-19(8-14-27(21)34-2)7-13-26(30)24-11-9-20-5-3-4-6-23(20)28(24)31/h3-16,31H,17H2,1-2H3/b13-7+. The third-order valence-corrected chi connectivity index (χ3v) is 5.66. The van der Waals surface area contributed by atoms with Gasteiger partial charge in [0, 0.05) is 22.6 Å². The van der Waals surface area contributed by atoms with Crippen molar-refractivity contribution >= 4 is 28.3 Å². The fraction of sp³-hybridized carbons (Fsp3) is 0.107. The number of phenols is 1. The number of nitro groups is 1. The molecule has 0 aliphatic rings. The number of ketones is 1. The second-order valence-corrected chi connectivity index (χ2v) is 7.95. The van der Waals surface area contributed by atoms with E-state index in [1.54, 1.807) is 56.5 Å². The third kappa shape index (κ3) is 5.14. The van der Waals surface area contributed by atoms with E-state index in [1.807, 2.05) is 30.3 Å². The molecule has 0 amide bonds. The van der Waals surface area contributed by atoms with E-state index < -0.39 is 4.92 Å². The fourth-order valence-electron chi connectivity index (χ4n) is 3.81. The van der Waals surface area contributed by atoms with E-state index in [0.717, 1.165) is 16.5 Å². The Labute approximate surface area is 202 Å². The summed E-state index contributed by atoms with van der Waals surface area (Å²) in [6.45, 7) is 1.82. The van der Waals surface area contributed by atoms with Gasteiger partial charge in [-0.15, -0.1) is 0 Å². The first-order valence-corrected chi connectivity index (χ1v) is 10.8. The van der Waals surface area contributed by atoms with Crippen molar-refractivity contribution in [2.45, 2.75) is 13.5 Å². The second-order valence-electron chi connectivity index (χ2n) is 7.95. The van der Waals surface area contributed by atoms with Crippen molar-refractivity contribution in [3.63, 3.8) is 0 Å². The topological polar surface area (TPSA) is 98.9 Å². The highest BCUT2D eigenvalue weighted by Crippen LogP contribution is 2.30. The zero-order chi connectivity index (χ0) is 24.9. The zero-order valence-corrected chi connectivity index (χ0v) is 19.2. The Hall–Kier alpha value is -4.65. The van der Waals surface area contributed by atoms with Gasteiger partial charge in [0.05, 0.1) is 17.6 Å². The van der Waals surface area contributed by atoms with Gasteiger partial charge in [0.2, 0.25) is 0 Å². The molecule has 0 aromatic heterocycles. The van der Waals surface area contributed by atoms with Crippen LogP contribution in [0.15, 0.2) is 78.9 Å². The number of hydrogen-bond acceptors (Lipinski definition) is 6. The van der Waals surface area contributed by atoms with Gasteiger partial charge in [-0.05, 0) is 54.3 Å². The first-order chi connectivity index (χ1) is 16.9. The minimum absolute atomic E-state index is 0.0317. The average molecular weight is 469 g/mol. The molecule has 0 radical (unpaired) electrons. The number of carbonyl (C=O) groups is 1. The third-order valence-electron chi connectivity index (χ3n) is 5.66. The molecule has 4 aromatic carbocycles. The molecule has 7 nitrogen and oxygen atoms in total. The summed E-state index contributed by atoms with van der Waals surface area (Å²) in [6.07, 6.45) is 3.08. The van der Waals surface area contributed by atoms with Gasteiger partial charge in [-0.3, -0.25) is 14.9 Å². The molecule has 35 heavy (non-hydrogen) atoms. The van der Waals surface area contributed by atoms with Crippen LogP contribution in [0.5, 0.6) is 17.2 Å². The number of allylic oxidation sites excluding steroid dienone is 1. The van der Waals surface area contributed by atoms with Crippen LogP contribution in [-0.4, -0.2) is 22.9 Å². The van der Waals surface area contributed by atoms with Gasteiger partial charge < -0.3 is 14.6 Å². The Balaban J connectivity index is 1.52. The highest BCUT2D eigenvalue weighted by atomic mass is 16.6. The van der Waals surface area contributed by atoms with Crippen molar-refractivity contribution in [3.8, 4) is 17.2 Å². The lowest BCUT2D eigenvalue weighted by molar-refractivity contribution is -0.385. The summed E-state index contributed by atoms with van der Waals surface area (Å²) < 4.78 is 11.3. The second kappa shape index (κ2) is 10.1. The maximum Gasteiger partial charge on any atom is 0.272 e. The van der Waals surface area contributed by atoms with Gasteiger partial charge in [-0.25, -0.2) is 0 Å². The molecule has 176 valence electrons. The minimum Gasteiger partial charge on any atom is -0.507 e. The molecule has 7 heteroatoms. The molecular formula is C28H23NO6. The quantitative estimate of drug-likeness (QED) is 0.142. The summed E-state index contributed by atoms with van der Waals surface area (Å²) in [5.41, 5.74) is 2.26. The Kier molecular flexibility index (Phi) is 6.78. The molecular weight excluding hydrogens is 446 g/mol. The van der Waals surface area contributed by atoms with Gasteiger partial charge in [0.15, 0.2) is 5.78 Å². The Bertz CT molecular complexity index is 1460. The summed E-state index contributed by atoms with van der Waals surface area (Å²) in [7, 11) is 1.55. The minimum atomic E-state index is -0.434. The monoisotopic (exact) mass is 469 g/mol. The average Bonchev–Trinajstić information content (AvgIpc) is 2.86. The van der Waals surface area contributed by atoms with Crippen molar-refractivity contribution in [2.75, 3.05) is 7.11 Å². The summed E-state index contributed by atoms with van der Waals surface area (Å²) >= 11 is 0. The number of aromatic hydroxyl groups is 1. The molecule has 0 aliphatic heterocycles. The van der Waals surface area contributed by atoms with Crippen LogP contribution in [0.1, 0.15) is 27.0 Å². The van der Waals surface area contributed by atoms with Gasteiger partial charge in [-0.2, -0.15) is 0 Å². The first-order valence-electron chi connectivity index (χ1n) is 10.8. The molecule has 0 aliphatic carbocycles. The van der Waals surface area contributed by atoms with E-state index in [-0.39, 0.29) is 29.4 Å². The predicted molar refractivity (Wildman–Crippen MR) is 134 cm³/mol. The molecule has 0 saturated carbocycles. The van der Waals surface area contributed by atoms with E-state index >= 15 is 0 Å². The number of nitro benzene ring substituents is 1. The summed E-state index contributed by atoms with van der Waals surface area (Å²) in [4.78, 5) is 23.3. The molecule has 0 saturated heterocycles. The first kappa shape index (κ1) is 23.5. The largest absolute Gasteiger partial charge is 0.507 e. The number of ether oxygens (including phenoxy) is 2. The number of methoxy groups -OCH3 is 1. The number of benzene rings is 4. The van der Waals surface area contributed by atoms with E-state index in [9.17, 15) is 20.0 Å². The number of fused-ring (bicyclic) bond motifs is 1. The number of aryl methyl sites for hydroxylation is 1. The van der Waals surface area contributed by atoms with E-state index in [4.69, 9.17) is 9.47 Å². The molecule has 0 heterocycles. The predicted octanol–water partition coefficient (Wildman–Crippen LogP) is 6.25. The van der Waals surface area contributed by atoms with Crippen LogP contribution in [-0.2, 0) is 6.61 Å². The van der Waals surface area contributed by atoms with Crippen LogP contribution in [0.4, 0.5) is 5.69 Å². The van der Waals surface area contributed by atoms with Crippen molar-refractivity contribution in [3.05, 3.63) is 111 Å². The van der Waals surface area contributed by atoms with Crippen molar-refractivity contribution in [1.82, 2.24) is 0 Å². The summed E-state index contributed by atoms with van der Waals surface area (Å²) in [6, 6.07) is 20.7. The number of carbonyl (C=O) groups excluding carboxylic acids is 1. The van der Waals surface area contributed by atoms with Crippen LogP contribution < -0.4 is 9.47 Å². The van der Waals surface area contributed by atoms with Crippen molar-refractivity contribution in [2.24, 2.45) is 0 Å². The fourth-order valence-corrected chi connectivity index (χ4v) is 3.81. The van der Waals surface area contributed by atoms with Crippen molar-refractivity contribution < 1.29 is 24.3 Å². The molecule has 4 rings (SSSR count). The molecule has 0 atom stereocenters. The highest BCUT2D eigenvalue weighted by Gasteiger charge is 2.13. The Morgan fingerprint density at radius 2 is 1.86 bits per heavy atom. The number of rotatable bonds is 8. The maximum atomic E-state index is 12.8. The summed E-state index contributed by atoms with van der Waals surface area (Å²) in [5, 5.41) is 23.0. The van der Waals surface area contributed by atoms with Crippen LogP contribution in [0, 0.1) is 17.0 Å². The SMILES string of the molecule is COc1ccc(/C=C/C(=O)c2ccc3ccccc3c2O)cc1COc1ccc([N+](=O)[O-])c(C)c1. The highest BCUT2D eigenvalue weighted by molar-refractivity contribution is 6.11. The molecule has 0 fully saturated rings. The van der Waals surface area contributed by atoms with Crippen LogP contribution >= 0.6 is 0 Å². The zero-order valence-electron chi connectivity index (χ0n) is 19.2. The van der Waals surface area contributed by atoms with E-state index in [0.29, 0.717) is 22.4 Å². The van der Waals surface area contributed by atoms with Gasteiger partial charge in [0.1, 0.15) is 23.9 Å². The molecule has 0 spiro atoms. The van der Waals surface area contributed by atoms with Gasteiger partial charge in [-0.1, -0.05) is 42.5 Å². The Morgan fingerprint density at radius 1 is 1.06 bits per heavy atom. The van der Waals surface area contributed by atoms with Crippen molar-refractivity contribution in [1.29, 1.82) is 0 Å². The number of hydrogen-bond donors (Lipinski definition) is 1. The summed E-state index contributed by atoms with van der Waals surface area (Å²) in [5.74, 6) is 0.750. The Morgan fingerprint density at radius 3 is 2.60 bits per heavy atom. The molecule has 1 N–H and O–H groups in total. The lowest BCUT2D eigenvalue weighted by atomic mass is 10.0. The van der Waals surface area contributed by atoms with Crippen LogP contribution in [0.3, 0.4) is 0 Å². The van der Waals surface area contributed by atoms with Crippen LogP contribution in [0.25, 0.3) is 16.8 Å². The number of phenolic OH excluding ortho intramolecular Hbond substituents is 1. The molecule has 4 aromatic rings. The van der Waals surface area contributed by atoms with Crippen LogP contribution in [0.2, 0.25) is 0 Å². The lowest BCUT2D eigenvalue weighted by Crippen LogP contribution is -2.00. The van der Waals surface area contributed by atoms with Gasteiger partial charge >= 0.3 is 0 Å². The normalized spacial score (nSPS) is 11.0. The maximum absolute atomic E-state index is 12.8. The smallest absolute Gasteiger partial charge is 0.272 e.